The molecule has 0 aliphatic carbocycles. The summed E-state index contributed by atoms with van der Waals surface area (Å²) in [4.78, 5) is 4.37. The van der Waals surface area contributed by atoms with Crippen LogP contribution in [0.15, 0.2) is 27.8 Å². The van der Waals surface area contributed by atoms with E-state index in [1.165, 1.54) is 17.3 Å². The highest BCUT2D eigenvalue weighted by Crippen LogP contribution is 2.25. The highest BCUT2D eigenvalue weighted by Gasteiger charge is 2.07. The number of alkyl halides is 1. The molecule has 2 aromatic rings. The van der Waals surface area contributed by atoms with E-state index in [-0.39, 0.29) is 0 Å². The van der Waals surface area contributed by atoms with E-state index in [1.54, 1.807) is 0 Å². The Morgan fingerprint density at radius 3 is 3.08 bits per heavy atom. The first-order valence-corrected chi connectivity index (χ1v) is 6.18. The number of hydrogen-bond donors (Lipinski definition) is 0. The zero-order valence-corrected chi connectivity index (χ0v) is 9.48. The molecule has 0 aliphatic rings. The van der Waals surface area contributed by atoms with Crippen LogP contribution in [0.4, 0.5) is 0 Å². The minimum absolute atomic E-state index is 0.725. The van der Waals surface area contributed by atoms with E-state index in [0.717, 1.165) is 21.7 Å². The van der Waals surface area contributed by atoms with Gasteiger partial charge in [-0.2, -0.15) is 0 Å². The van der Waals surface area contributed by atoms with Crippen LogP contribution in [0.25, 0.3) is 11.1 Å². The summed E-state index contributed by atoms with van der Waals surface area (Å²) in [6.07, 6.45) is 1.96. The van der Waals surface area contributed by atoms with Crippen molar-refractivity contribution < 1.29 is 4.42 Å². The van der Waals surface area contributed by atoms with Crippen LogP contribution in [0.1, 0.15) is 5.56 Å². The number of rotatable bonds is 2. The molecule has 2 rings (SSSR count). The number of hydrogen-bond acceptors (Lipinski definition) is 3. The maximum Gasteiger partial charge on any atom is 0.256 e. The van der Waals surface area contributed by atoms with E-state index in [0.29, 0.717) is 0 Å². The van der Waals surface area contributed by atoms with Crippen LogP contribution in [-0.4, -0.2) is 11.2 Å². The first-order chi connectivity index (χ1) is 6.35. The summed E-state index contributed by atoms with van der Waals surface area (Å²) in [5, 5.41) is 1.54. The average molecular weight is 258 g/mol. The van der Waals surface area contributed by atoms with Crippen LogP contribution in [0.3, 0.4) is 0 Å². The summed E-state index contributed by atoms with van der Waals surface area (Å²) in [5.41, 5.74) is 2.99. The number of halogens is 1. The number of benzene rings is 1. The number of para-hydroxylation sites is 1. The van der Waals surface area contributed by atoms with Gasteiger partial charge in [0.25, 0.3) is 5.22 Å². The summed E-state index contributed by atoms with van der Waals surface area (Å²) in [7, 11) is 0. The van der Waals surface area contributed by atoms with Crippen molar-refractivity contribution >= 4 is 38.8 Å². The van der Waals surface area contributed by atoms with Crippen molar-refractivity contribution in [2.24, 2.45) is 0 Å². The van der Waals surface area contributed by atoms with Crippen molar-refractivity contribution in [3.05, 3.63) is 23.8 Å². The van der Waals surface area contributed by atoms with Crippen LogP contribution in [0.5, 0.6) is 0 Å². The Balaban J connectivity index is 2.67. The average Bonchev–Trinajstić information content (AvgIpc) is 2.59. The van der Waals surface area contributed by atoms with Crippen molar-refractivity contribution in [2.45, 2.75) is 10.6 Å². The highest BCUT2D eigenvalue weighted by atomic mass is 79.9. The minimum atomic E-state index is 0.725. The molecule has 0 saturated heterocycles. The normalized spacial score (nSPS) is 10.9. The molecule has 68 valence electrons. The van der Waals surface area contributed by atoms with Gasteiger partial charge in [0.1, 0.15) is 5.52 Å². The number of oxazole rings is 1. The van der Waals surface area contributed by atoms with Crippen molar-refractivity contribution in [1.29, 1.82) is 0 Å². The Labute approximate surface area is 88.8 Å². The molecule has 0 amide bonds. The topological polar surface area (TPSA) is 26.0 Å². The zero-order chi connectivity index (χ0) is 9.26. The van der Waals surface area contributed by atoms with Gasteiger partial charge in [0.2, 0.25) is 0 Å². The first kappa shape index (κ1) is 9.09. The maximum atomic E-state index is 5.49. The molecule has 4 heteroatoms. The van der Waals surface area contributed by atoms with E-state index in [1.807, 2.05) is 24.5 Å². The molecule has 0 fully saturated rings. The smallest absolute Gasteiger partial charge is 0.256 e. The molecule has 0 bridgehead atoms. The molecule has 1 heterocycles. The Kier molecular flexibility index (Phi) is 2.60. The summed E-state index contributed by atoms with van der Waals surface area (Å²) in [5.74, 6) is 0. The van der Waals surface area contributed by atoms with Gasteiger partial charge >= 0.3 is 0 Å². The second-order valence-electron chi connectivity index (χ2n) is 2.58. The molecule has 1 aromatic heterocycles. The van der Waals surface area contributed by atoms with Gasteiger partial charge in [-0.05, 0) is 17.9 Å². The monoisotopic (exact) mass is 257 g/mol. The van der Waals surface area contributed by atoms with E-state index >= 15 is 0 Å². The third-order valence-corrected chi connectivity index (χ3v) is 2.93. The van der Waals surface area contributed by atoms with Gasteiger partial charge in [-0.3, -0.25) is 0 Å². The number of fused-ring (bicyclic) bond motifs is 1. The number of thioether (sulfide) groups is 1. The third-order valence-electron chi connectivity index (χ3n) is 1.80. The fourth-order valence-corrected chi connectivity index (χ4v) is 1.99. The molecule has 0 N–H and O–H groups in total. The molecule has 2 nitrogen and oxygen atoms in total. The molecular weight excluding hydrogens is 250 g/mol. The zero-order valence-electron chi connectivity index (χ0n) is 7.08. The number of nitrogens with zero attached hydrogens (tertiary/aromatic N) is 1. The van der Waals surface area contributed by atoms with Gasteiger partial charge in [-0.1, -0.05) is 39.8 Å². The first-order valence-electron chi connectivity index (χ1n) is 3.83. The van der Waals surface area contributed by atoms with Gasteiger partial charge < -0.3 is 4.42 Å². The molecule has 0 unspecified atom stereocenters. The van der Waals surface area contributed by atoms with E-state index in [2.05, 4.69) is 20.9 Å². The van der Waals surface area contributed by atoms with Gasteiger partial charge in [0, 0.05) is 5.33 Å². The van der Waals surface area contributed by atoms with Crippen molar-refractivity contribution in [3.8, 4) is 0 Å². The fourth-order valence-electron chi connectivity index (χ4n) is 1.18. The van der Waals surface area contributed by atoms with Gasteiger partial charge in [-0.15, -0.1) is 0 Å². The molecule has 0 aliphatic heterocycles. The predicted molar refractivity (Wildman–Crippen MR) is 58.4 cm³/mol. The van der Waals surface area contributed by atoms with E-state index in [4.69, 9.17) is 4.42 Å². The summed E-state index contributed by atoms with van der Waals surface area (Å²) in [6, 6.07) is 5.96. The molecule has 0 saturated carbocycles. The van der Waals surface area contributed by atoms with Crippen LogP contribution < -0.4 is 0 Å². The number of aromatic nitrogens is 1. The van der Waals surface area contributed by atoms with Crippen molar-refractivity contribution in [3.63, 3.8) is 0 Å². The molecule has 0 radical (unpaired) electrons. The Morgan fingerprint density at radius 2 is 2.38 bits per heavy atom. The summed E-state index contributed by atoms with van der Waals surface area (Å²) < 4.78 is 5.49. The van der Waals surface area contributed by atoms with Crippen LogP contribution in [-0.2, 0) is 5.33 Å². The van der Waals surface area contributed by atoms with Gasteiger partial charge in [-0.25, -0.2) is 4.98 Å². The molecule has 0 spiro atoms. The Hall–Kier alpha value is -0.480. The second kappa shape index (κ2) is 3.72. The van der Waals surface area contributed by atoms with Crippen molar-refractivity contribution in [2.75, 3.05) is 6.26 Å². The predicted octanol–water partition coefficient (Wildman–Crippen LogP) is 3.44. The molecule has 0 atom stereocenters. The lowest BCUT2D eigenvalue weighted by atomic mass is 10.2. The lowest BCUT2D eigenvalue weighted by Crippen LogP contribution is -1.79. The fraction of sp³-hybridized carbons (Fsp3) is 0.222. The lowest BCUT2D eigenvalue weighted by Gasteiger charge is -1.92. The maximum absolute atomic E-state index is 5.49. The minimum Gasteiger partial charge on any atom is -0.431 e. The second-order valence-corrected chi connectivity index (χ2v) is 3.90. The third kappa shape index (κ3) is 1.60. The SMILES string of the molecule is CSc1nc2c(CBr)cccc2o1. The van der Waals surface area contributed by atoms with Crippen LogP contribution in [0, 0.1) is 0 Å². The molecular formula is C9H8BrNOS. The molecule has 1 aromatic carbocycles. The van der Waals surface area contributed by atoms with Crippen LogP contribution >= 0.6 is 27.7 Å². The summed E-state index contributed by atoms with van der Waals surface area (Å²) in [6.45, 7) is 0. The Morgan fingerprint density at radius 1 is 1.54 bits per heavy atom. The highest BCUT2D eigenvalue weighted by molar-refractivity contribution is 9.08. The van der Waals surface area contributed by atoms with E-state index in [9.17, 15) is 0 Å². The molecule has 13 heavy (non-hydrogen) atoms. The Bertz CT molecular complexity index is 426. The standard InChI is InChI=1S/C9H8BrNOS/c1-13-9-11-8-6(5-10)3-2-4-7(8)12-9/h2-4H,5H2,1H3. The van der Waals surface area contributed by atoms with Crippen molar-refractivity contribution in [1.82, 2.24) is 4.98 Å². The summed E-state index contributed by atoms with van der Waals surface area (Å²) >= 11 is 4.94. The van der Waals surface area contributed by atoms with E-state index < -0.39 is 0 Å². The largest absolute Gasteiger partial charge is 0.431 e. The van der Waals surface area contributed by atoms with Gasteiger partial charge in [0.15, 0.2) is 5.58 Å². The quantitative estimate of drug-likeness (QED) is 0.609. The van der Waals surface area contributed by atoms with Gasteiger partial charge in [0.05, 0.1) is 0 Å². The van der Waals surface area contributed by atoms with Crippen LogP contribution in [0.2, 0.25) is 0 Å². The lowest BCUT2D eigenvalue weighted by molar-refractivity contribution is 0.490.